The van der Waals surface area contributed by atoms with E-state index in [0.29, 0.717) is 11.1 Å². The van der Waals surface area contributed by atoms with E-state index in [0.717, 1.165) is 10.5 Å². The van der Waals surface area contributed by atoms with Gasteiger partial charge in [-0.25, -0.2) is 4.79 Å². The van der Waals surface area contributed by atoms with Gasteiger partial charge in [-0.3, -0.25) is 9.69 Å². The highest BCUT2D eigenvalue weighted by molar-refractivity contribution is 6.07. The number of benzene rings is 2. The van der Waals surface area contributed by atoms with E-state index in [-0.39, 0.29) is 12.3 Å². The van der Waals surface area contributed by atoms with Crippen molar-refractivity contribution < 1.29 is 23.1 Å². The topological polar surface area (TPSA) is 58.6 Å². The van der Waals surface area contributed by atoms with Gasteiger partial charge in [-0.2, -0.15) is 8.78 Å². The van der Waals surface area contributed by atoms with Gasteiger partial charge in [-0.05, 0) is 25.5 Å². The lowest BCUT2D eigenvalue weighted by molar-refractivity contribution is -0.131. The minimum atomic E-state index is -2.99. The molecule has 5 nitrogen and oxygen atoms in total. The minimum Gasteiger partial charge on any atom is -0.434 e. The van der Waals surface area contributed by atoms with Crippen LogP contribution in [0, 0.1) is 6.92 Å². The van der Waals surface area contributed by atoms with Crippen molar-refractivity contribution in [1.29, 1.82) is 0 Å². The number of aryl methyl sites for hydroxylation is 1. The number of ether oxygens (including phenoxy) is 1. The molecule has 0 radical (unpaired) electrons. The standard InChI is InChI=1S/C19H18F2N2O3/c1-12-7-9-14(10-8-12)19(2)16(24)23(18(25)22-19)11-13-5-3-4-6-15(13)26-17(20)21/h3-10,17H,11H2,1-2H3,(H,22,25)/t19-/m0/s1. The molecule has 0 aromatic heterocycles. The Morgan fingerprint density at radius 2 is 1.77 bits per heavy atom. The average molecular weight is 360 g/mol. The van der Waals surface area contributed by atoms with Crippen LogP contribution < -0.4 is 10.1 Å². The third-order valence-corrected chi connectivity index (χ3v) is 4.42. The second kappa shape index (κ2) is 6.74. The summed E-state index contributed by atoms with van der Waals surface area (Å²) in [5, 5.41) is 2.69. The number of imide groups is 1. The molecule has 1 heterocycles. The van der Waals surface area contributed by atoms with Crippen LogP contribution in [0.1, 0.15) is 23.6 Å². The van der Waals surface area contributed by atoms with Crippen molar-refractivity contribution in [2.24, 2.45) is 0 Å². The first-order valence-electron chi connectivity index (χ1n) is 8.05. The maximum Gasteiger partial charge on any atom is 0.387 e. The Balaban J connectivity index is 1.88. The summed E-state index contributed by atoms with van der Waals surface area (Å²) < 4.78 is 29.6. The maximum atomic E-state index is 12.9. The van der Waals surface area contributed by atoms with Gasteiger partial charge in [0.05, 0.1) is 6.54 Å². The van der Waals surface area contributed by atoms with Crippen molar-refractivity contribution in [3.63, 3.8) is 0 Å². The van der Waals surface area contributed by atoms with Crippen molar-refractivity contribution in [3.8, 4) is 5.75 Å². The van der Waals surface area contributed by atoms with E-state index in [1.807, 2.05) is 19.1 Å². The number of carbonyl (C=O) groups excluding carboxylic acids is 2. The summed E-state index contributed by atoms with van der Waals surface area (Å²) >= 11 is 0. The van der Waals surface area contributed by atoms with Crippen LogP contribution in [-0.4, -0.2) is 23.4 Å². The predicted octanol–water partition coefficient (Wildman–Crippen LogP) is 3.56. The first kappa shape index (κ1) is 17.8. The number of nitrogens with one attached hydrogen (secondary N) is 1. The van der Waals surface area contributed by atoms with E-state index in [1.165, 1.54) is 6.07 Å². The van der Waals surface area contributed by atoms with Crippen LogP contribution in [0.2, 0.25) is 0 Å². The molecule has 1 fully saturated rings. The van der Waals surface area contributed by atoms with Gasteiger partial charge in [0.25, 0.3) is 5.91 Å². The Kier molecular flexibility index (Phi) is 4.63. The van der Waals surface area contributed by atoms with Crippen LogP contribution in [0.3, 0.4) is 0 Å². The molecule has 1 atom stereocenters. The summed E-state index contributed by atoms with van der Waals surface area (Å²) in [6.45, 7) is 0.402. The van der Waals surface area contributed by atoms with Crippen LogP contribution >= 0.6 is 0 Å². The average Bonchev–Trinajstić information content (AvgIpc) is 2.81. The number of amides is 3. The SMILES string of the molecule is Cc1ccc([C@]2(C)NC(=O)N(Cc3ccccc3OC(F)F)C2=O)cc1. The zero-order chi connectivity index (χ0) is 18.9. The van der Waals surface area contributed by atoms with Gasteiger partial charge < -0.3 is 10.1 Å². The van der Waals surface area contributed by atoms with Crippen LogP contribution in [0.25, 0.3) is 0 Å². The number of para-hydroxylation sites is 1. The predicted molar refractivity (Wildman–Crippen MR) is 90.7 cm³/mol. The second-order valence-corrected chi connectivity index (χ2v) is 6.30. The van der Waals surface area contributed by atoms with E-state index in [2.05, 4.69) is 10.1 Å². The van der Waals surface area contributed by atoms with E-state index in [9.17, 15) is 18.4 Å². The molecule has 136 valence electrons. The Labute approximate surface area is 149 Å². The molecule has 0 bridgehead atoms. The molecule has 7 heteroatoms. The van der Waals surface area contributed by atoms with Crippen molar-refractivity contribution in [2.45, 2.75) is 32.5 Å². The number of hydrogen-bond donors (Lipinski definition) is 1. The highest BCUT2D eigenvalue weighted by atomic mass is 19.3. The molecule has 0 saturated carbocycles. The zero-order valence-electron chi connectivity index (χ0n) is 14.3. The molecule has 2 aromatic carbocycles. The summed E-state index contributed by atoms with van der Waals surface area (Å²) in [6, 6.07) is 12.8. The number of nitrogens with zero attached hydrogens (tertiary/aromatic N) is 1. The first-order valence-corrected chi connectivity index (χ1v) is 8.05. The minimum absolute atomic E-state index is 0.0629. The number of alkyl halides is 2. The summed E-state index contributed by atoms with van der Waals surface area (Å²) in [7, 11) is 0. The quantitative estimate of drug-likeness (QED) is 0.830. The van der Waals surface area contributed by atoms with Crippen LogP contribution in [0.15, 0.2) is 48.5 Å². The molecular weight excluding hydrogens is 342 g/mol. The number of hydrogen-bond acceptors (Lipinski definition) is 3. The third kappa shape index (κ3) is 3.24. The lowest BCUT2D eigenvalue weighted by atomic mass is 9.91. The lowest BCUT2D eigenvalue weighted by Crippen LogP contribution is -2.40. The Morgan fingerprint density at radius 3 is 2.42 bits per heavy atom. The molecular formula is C19H18F2N2O3. The Bertz CT molecular complexity index is 839. The van der Waals surface area contributed by atoms with Gasteiger partial charge >= 0.3 is 12.6 Å². The second-order valence-electron chi connectivity index (χ2n) is 6.30. The summed E-state index contributed by atoms with van der Waals surface area (Å²) in [5.74, 6) is -0.509. The van der Waals surface area contributed by atoms with Crippen molar-refractivity contribution in [1.82, 2.24) is 10.2 Å². The molecule has 2 aromatic rings. The van der Waals surface area contributed by atoms with E-state index in [4.69, 9.17) is 0 Å². The fourth-order valence-electron chi connectivity index (χ4n) is 2.94. The largest absolute Gasteiger partial charge is 0.434 e. The van der Waals surface area contributed by atoms with Gasteiger partial charge in [0, 0.05) is 5.56 Å². The highest BCUT2D eigenvalue weighted by Crippen LogP contribution is 2.31. The molecule has 0 unspecified atom stereocenters. The van der Waals surface area contributed by atoms with Gasteiger partial charge in [0.15, 0.2) is 0 Å². The van der Waals surface area contributed by atoms with Crippen LogP contribution in [0.5, 0.6) is 5.75 Å². The van der Waals surface area contributed by atoms with Gasteiger partial charge in [0.1, 0.15) is 11.3 Å². The van der Waals surface area contributed by atoms with Crippen LogP contribution in [0.4, 0.5) is 13.6 Å². The number of urea groups is 1. The first-order chi connectivity index (χ1) is 12.3. The summed E-state index contributed by atoms with van der Waals surface area (Å²) in [6.07, 6.45) is 0. The van der Waals surface area contributed by atoms with E-state index >= 15 is 0 Å². The van der Waals surface area contributed by atoms with Gasteiger partial charge in [-0.15, -0.1) is 0 Å². The summed E-state index contributed by atoms with van der Waals surface area (Å²) in [4.78, 5) is 26.3. The monoisotopic (exact) mass is 360 g/mol. The maximum absolute atomic E-state index is 12.9. The van der Waals surface area contributed by atoms with E-state index < -0.39 is 24.1 Å². The van der Waals surface area contributed by atoms with Crippen molar-refractivity contribution in [2.75, 3.05) is 0 Å². The highest BCUT2D eigenvalue weighted by Gasteiger charge is 2.49. The lowest BCUT2D eigenvalue weighted by Gasteiger charge is -2.22. The van der Waals surface area contributed by atoms with Crippen molar-refractivity contribution >= 4 is 11.9 Å². The fraction of sp³-hybridized carbons (Fsp3) is 0.263. The Hall–Kier alpha value is -2.96. The fourth-order valence-corrected chi connectivity index (χ4v) is 2.94. The molecule has 0 spiro atoms. The number of rotatable bonds is 5. The van der Waals surface area contributed by atoms with E-state index in [1.54, 1.807) is 37.3 Å². The molecule has 3 rings (SSSR count). The molecule has 1 aliphatic rings. The molecule has 1 saturated heterocycles. The van der Waals surface area contributed by atoms with Gasteiger partial charge in [0.2, 0.25) is 0 Å². The normalized spacial score (nSPS) is 19.8. The zero-order valence-corrected chi connectivity index (χ0v) is 14.3. The van der Waals surface area contributed by atoms with Crippen LogP contribution in [-0.2, 0) is 16.9 Å². The number of halogens is 2. The summed E-state index contributed by atoms with van der Waals surface area (Å²) in [5.41, 5.74) is 0.804. The third-order valence-electron chi connectivity index (χ3n) is 4.42. The molecule has 0 aliphatic carbocycles. The molecule has 3 amide bonds. The molecule has 1 N–H and O–H groups in total. The molecule has 26 heavy (non-hydrogen) atoms. The van der Waals surface area contributed by atoms with Crippen molar-refractivity contribution in [3.05, 3.63) is 65.2 Å². The smallest absolute Gasteiger partial charge is 0.387 e. The van der Waals surface area contributed by atoms with Gasteiger partial charge in [-0.1, -0.05) is 48.0 Å². The number of carbonyl (C=O) groups is 2. The Morgan fingerprint density at radius 1 is 1.12 bits per heavy atom. The molecule has 1 aliphatic heterocycles.